The fourth-order valence-electron chi connectivity index (χ4n) is 1.60. The average Bonchev–Trinajstić information content (AvgIpc) is 2.35. The van der Waals surface area contributed by atoms with Crippen LogP contribution in [-0.2, 0) is 0 Å². The molecule has 0 unspecified atom stereocenters. The molecule has 0 saturated carbocycles. The van der Waals surface area contributed by atoms with Crippen molar-refractivity contribution in [2.45, 2.75) is 6.18 Å². The zero-order chi connectivity index (χ0) is 15.3. The summed E-state index contributed by atoms with van der Waals surface area (Å²) < 4.78 is 51.0. The first kappa shape index (κ1) is 16.0. The van der Waals surface area contributed by atoms with Gasteiger partial charge in [-0.15, -0.1) is 0 Å². The molecule has 0 atom stereocenters. The van der Waals surface area contributed by atoms with Crippen LogP contribution in [0.25, 0.3) is 0 Å². The normalized spacial score (nSPS) is 12.6. The van der Waals surface area contributed by atoms with E-state index in [0.717, 1.165) is 12.1 Å². The lowest BCUT2D eigenvalue weighted by molar-refractivity contribution is -0.119. The summed E-state index contributed by atoms with van der Waals surface area (Å²) in [4.78, 5) is 0.658. The van der Waals surface area contributed by atoms with E-state index in [1.807, 2.05) is 0 Å². The summed E-state index contributed by atoms with van der Waals surface area (Å²) in [6, 6.07) is 3.14. The molecule has 0 fully saturated rings. The van der Waals surface area contributed by atoms with Crippen LogP contribution in [-0.4, -0.2) is 42.0 Å². The first-order valence-electron chi connectivity index (χ1n) is 5.48. The van der Waals surface area contributed by atoms with Gasteiger partial charge < -0.3 is 20.9 Å². The number of nitrogens with two attached hydrogens (primary N) is 1. The highest BCUT2D eigenvalue weighted by molar-refractivity contribution is 5.97. The summed E-state index contributed by atoms with van der Waals surface area (Å²) in [6.45, 7) is -2.33. The molecule has 0 aliphatic rings. The van der Waals surface area contributed by atoms with Gasteiger partial charge in [-0.3, -0.25) is 0 Å². The predicted octanol–water partition coefficient (Wildman–Crippen LogP) is 1.28. The number of halogens is 4. The largest absolute Gasteiger partial charge is 0.409 e. The number of nitrogens with zero attached hydrogens (tertiary/aromatic N) is 2. The molecule has 0 bridgehead atoms. The minimum absolute atomic E-state index is 0.0321. The van der Waals surface area contributed by atoms with Gasteiger partial charge in [-0.2, -0.15) is 13.2 Å². The summed E-state index contributed by atoms with van der Waals surface area (Å²) in [5.41, 5.74) is 4.95. The maximum absolute atomic E-state index is 13.8. The zero-order valence-electron chi connectivity index (χ0n) is 10.2. The van der Waals surface area contributed by atoms with Crippen LogP contribution in [0.3, 0.4) is 0 Å². The monoisotopic (exact) mass is 295 g/mol. The maximum Gasteiger partial charge on any atom is 0.405 e. The van der Waals surface area contributed by atoms with Crippen LogP contribution in [0.4, 0.5) is 23.2 Å². The van der Waals surface area contributed by atoms with Crippen LogP contribution < -0.4 is 10.6 Å². The van der Waals surface area contributed by atoms with Gasteiger partial charge in [-0.05, 0) is 18.2 Å². The third-order valence-electron chi connectivity index (χ3n) is 2.43. The number of alkyl halides is 3. The van der Waals surface area contributed by atoms with Crippen LogP contribution >= 0.6 is 0 Å². The fraction of sp³-hybridized carbons (Fsp3) is 0.364. The predicted molar refractivity (Wildman–Crippen MR) is 64.3 cm³/mol. The summed E-state index contributed by atoms with van der Waals surface area (Å²) >= 11 is 0. The van der Waals surface area contributed by atoms with Crippen LogP contribution in [0.5, 0.6) is 0 Å². The maximum atomic E-state index is 13.8. The molecule has 1 aromatic carbocycles. The van der Waals surface area contributed by atoms with Crippen molar-refractivity contribution in [1.29, 1.82) is 0 Å². The first-order chi connectivity index (χ1) is 9.28. The summed E-state index contributed by atoms with van der Waals surface area (Å²) in [5, 5.41) is 19.9. The Labute approximate surface area is 111 Å². The van der Waals surface area contributed by atoms with E-state index in [1.54, 1.807) is 0 Å². The van der Waals surface area contributed by atoms with Gasteiger partial charge in [0.25, 0.3) is 0 Å². The van der Waals surface area contributed by atoms with Gasteiger partial charge in [0.1, 0.15) is 12.4 Å². The molecule has 20 heavy (non-hydrogen) atoms. The Morgan fingerprint density at radius 1 is 1.35 bits per heavy atom. The molecule has 1 aromatic rings. The Kier molecular flexibility index (Phi) is 5.14. The van der Waals surface area contributed by atoms with Gasteiger partial charge in [-0.1, -0.05) is 5.16 Å². The molecule has 0 saturated heterocycles. The quantitative estimate of drug-likeness (QED) is 0.251. The van der Waals surface area contributed by atoms with Gasteiger partial charge >= 0.3 is 6.18 Å². The van der Waals surface area contributed by atoms with Crippen LogP contribution in [0.1, 0.15) is 5.56 Å². The van der Waals surface area contributed by atoms with Gasteiger partial charge in [0, 0.05) is 12.1 Å². The van der Waals surface area contributed by atoms with Crippen molar-refractivity contribution in [3.63, 3.8) is 0 Å². The van der Waals surface area contributed by atoms with Gasteiger partial charge in [0.2, 0.25) is 0 Å². The molecule has 0 aliphatic heterocycles. The van der Waals surface area contributed by atoms with Crippen LogP contribution in [0.2, 0.25) is 0 Å². The van der Waals surface area contributed by atoms with Crippen LogP contribution in [0.15, 0.2) is 23.4 Å². The zero-order valence-corrected chi connectivity index (χ0v) is 10.2. The number of hydrogen-bond donors (Lipinski definition) is 3. The SMILES string of the molecule is N/C(=N/O)c1ccc(N(CCO)CC(F)(F)F)c(F)c1. The highest BCUT2D eigenvalue weighted by atomic mass is 19.4. The number of oxime groups is 1. The number of rotatable bonds is 5. The molecule has 0 aliphatic carbocycles. The third-order valence-corrected chi connectivity index (χ3v) is 2.43. The van der Waals surface area contributed by atoms with E-state index < -0.39 is 25.1 Å². The molecule has 1 rings (SSSR count). The Morgan fingerprint density at radius 3 is 2.45 bits per heavy atom. The van der Waals surface area contributed by atoms with E-state index in [4.69, 9.17) is 16.0 Å². The highest BCUT2D eigenvalue weighted by Gasteiger charge is 2.31. The van der Waals surface area contributed by atoms with Crippen molar-refractivity contribution >= 4 is 11.5 Å². The van der Waals surface area contributed by atoms with Gasteiger partial charge in [0.15, 0.2) is 5.84 Å². The van der Waals surface area contributed by atoms with E-state index in [1.165, 1.54) is 6.07 Å². The minimum Gasteiger partial charge on any atom is -0.409 e. The molecule has 0 spiro atoms. The molecule has 0 heterocycles. The third kappa shape index (κ3) is 4.26. The van der Waals surface area contributed by atoms with Crippen molar-refractivity contribution in [2.24, 2.45) is 10.9 Å². The highest BCUT2D eigenvalue weighted by Crippen LogP contribution is 2.25. The molecule has 5 nitrogen and oxygen atoms in total. The molecule has 112 valence electrons. The Bertz CT molecular complexity index is 491. The van der Waals surface area contributed by atoms with Crippen molar-refractivity contribution in [3.05, 3.63) is 29.6 Å². The van der Waals surface area contributed by atoms with E-state index in [-0.39, 0.29) is 23.6 Å². The second-order valence-electron chi connectivity index (χ2n) is 3.91. The lowest BCUT2D eigenvalue weighted by Gasteiger charge is -2.25. The second kappa shape index (κ2) is 6.42. The number of anilines is 1. The second-order valence-corrected chi connectivity index (χ2v) is 3.91. The number of aliphatic hydroxyl groups is 1. The van der Waals surface area contributed by atoms with Crippen molar-refractivity contribution in [2.75, 3.05) is 24.6 Å². The van der Waals surface area contributed by atoms with E-state index in [9.17, 15) is 17.6 Å². The van der Waals surface area contributed by atoms with Crippen molar-refractivity contribution in [3.8, 4) is 0 Å². The Morgan fingerprint density at radius 2 is 2.00 bits per heavy atom. The molecule has 4 N–H and O–H groups in total. The topological polar surface area (TPSA) is 82.1 Å². The summed E-state index contributed by atoms with van der Waals surface area (Å²) in [7, 11) is 0. The smallest absolute Gasteiger partial charge is 0.405 e. The van der Waals surface area contributed by atoms with Gasteiger partial charge in [-0.25, -0.2) is 4.39 Å². The Balaban J connectivity index is 3.09. The minimum atomic E-state index is -4.54. The van der Waals surface area contributed by atoms with E-state index in [2.05, 4.69) is 5.16 Å². The molecular formula is C11H13F4N3O2. The lowest BCUT2D eigenvalue weighted by Crippen LogP contribution is -2.36. The van der Waals surface area contributed by atoms with Crippen LogP contribution in [0, 0.1) is 5.82 Å². The number of benzene rings is 1. The Hall–Kier alpha value is -2.03. The number of hydrogen-bond acceptors (Lipinski definition) is 4. The number of aliphatic hydroxyl groups excluding tert-OH is 1. The molecule has 0 amide bonds. The standard InChI is InChI=1S/C11H13F4N3O2/c12-8-5-7(10(16)17-20)1-2-9(8)18(3-4-19)6-11(13,14)15/h1-2,5,19-20H,3-4,6H2,(H2,16,17). The summed E-state index contributed by atoms with van der Waals surface area (Å²) in [5.74, 6) is -1.33. The lowest BCUT2D eigenvalue weighted by atomic mass is 10.1. The van der Waals surface area contributed by atoms with Gasteiger partial charge in [0.05, 0.1) is 12.3 Å². The van der Waals surface area contributed by atoms with E-state index in [0.29, 0.717) is 4.90 Å². The van der Waals surface area contributed by atoms with Crippen molar-refractivity contribution < 1.29 is 27.9 Å². The average molecular weight is 295 g/mol. The molecule has 0 radical (unpaired) electrons. The molecule has 0 aromatic heterocycles. The summed E-state index contributed by atoms with van der Waals surface area (Å²) in [6.07, 6.45) is -4.54. The fourth-order valence-corrected chi connectivity index (χ4v) is 1.60. The van der Waals surface area contributed by atoms with Crippen molar-refractivity contribution in [1.82, 2.24) is 0 Å². The molecule has 9 heteroatoms. The first-order valence-corrected chi connectivity index (χ1v) is 5.48. The number of amidine groups is 1. The van der Waals surface area contributed by atoms with E-state index >= 15 is 0 Å². The molecular weight excluding hydrogens is 282 g/mol.